The summed E-state index contributed by atoms with van der Waals surface area (Å²) in [5.41, 5.74) is 0. The Morgan fingerprint density at radius 1 is 1.73 bits per heavy atom. The lowest BCUT2D eigenvalue weighted by Crippen LogP contribution is -2.40. The van der Waals surface area contributed by atoms with E-state index in [0.717, 1.165) is 5.17 Å². The molecule has 0 aromatic rings. The number of amidine groups is 1. The summed E-state index contributed by atoms with van der Waals surface area (Å²) >= 11 is 4.70. The number of likely N-dealkylation sites (N-methyl/N-ethyl adjacent to an activating group) is 1. The van der Waals surface area contributed by atoms with Crippen LogP contribution in [-0.4, -0.2) is 47.6 Å². The maximum Gasteiger partial charge on any atom is 0.168 e. The first-order valence-electron chi connectivity index (χ1n) is 4.40. The van der Waals surface area contributed by atoms with Gasteiger partial charge in [0.2, 0.25) is 0 Å². The zero-order valence-electron chi connectivity index (χ0n) is 9.16. The molecular formula is C10H15BrN2OS. The quantitative estimate of drug-likeness (QED) is 0.341. The zero-order chi connectivity index (χ0) is 11.8. The number of carbonyl (C=O) groups excluding carboxylic acids is 1. The largest absolute Gasteiger partial charge is 0.334 e. The first-order chi connectivity index (χ1) is 7.12. The van der Waals surface area contributed by atoms with Gasteiger partial charge in [0.15, 0.2) is 17.0 Å². The normalized spacial score (nSPS) is 13.1. The number of rotatable bonds is 4. The molecule has 0 saturated heterocycles. The standard InChI is InChI=1S/C10H15BrN2OS/c1-5-8(9(14)6-7-11)13(3)10(12-2)15-4/h1,8H,6-7H2,2-4H3/b12-10+. The van der Waals surface area contributed by atoms with E-state index in [2.05, 4.69) is 26.8 Å². The molecule has 0 rings (SSSR count). The van der Waals surface area contributed by atoms with Crippen LogP contribution in [0.25, 0.3) is 0 Å². The first kappa shape index (κ1) is 14.5. The molecule has 0 spiro atoms. The van der Waals surface area contributed by atoms with Gasteiger partial charge >= 0.3 is 0 Å². The van der Waals surface area contributed by atoms with Crippen molar-refractivity contribution >= 4 is 38.6 Å². The molecule has 0 radical (unpaired) electrons. The average Bonchev–Trinajstić information content (AvgIpc) is 2.21. The summed E-state index contributed by atoms with van der Waals surface area (Å²) in [6.45, 7) is 0. The summed E-state index contributed by atoms with van der Waals surface area (Å²) < 4.78 is 0. The van der Waals surface area contributed by atoms with Crippen molar-refractivity contribution in [3.05, 3.63) is 0 Å². The summed E-state index contributed by atoms with van der Waals surface area (Å²) in [4.78, 5) is 17.5. The third-order valence-corrected chi connectivity index (χ3v) is 3.10. The number of hydrogen-bond acceptors (Lipinski definition) is 3. The van der Waals surface area contributed by atoms with Crippen LogP contribution in [0.2, 0.25) is 0 Å². The van der Waals surface area contributed by atoms with E-state index in [9.17, 15) is 4.79 Å². The molecule has 0 saturated carbocycles. The van der Waals surface area contributed by atoms with E-state index in [1.165, 1.54) is 11.8 Å². The van der Waals surface area contributed by atoms with Gasteiger partial charge in [0, 0.05) is 25.8 Å². The minimum Gasteiger partial charge on any atom is -0.334 e. The van der Waals surface area contributed by atoms with Gasteiger partial charge in [-0.2, -0.15) is 0 Å². The molecule has 5 heteroatoms. The highest BCUT2D eigenvalue weighted by Crippen LogP contribution is 2.09. The molecule has 1 unspecified atom stereocenters. The molecule has 3 nitrogen and oxygen atoms in total. The Hall–Kier alpha value is -0.470. The third-order valence-electron chi connectivity index (χ3n) is 1.87. The highest BCUT2D eigenvalue weighted by Gasteiger charge is 2.22. The predicted molar refractivity (Wildman–Crippen MR) is 70.7 cm³/mol. The lowest BCUT2D eigenvalue weighted by Gasteiger charge is -2.24. The third kappa shape index (κ3) is 4.27. The van der Waals surface area contributed by atoms with Crippen molar-refractivity contribution in [1.29, 1.82) is 0 Å². The molecule has 0 fully saturated rings. The number of carbonyl (C=O) groups is 1. The zero-order valence-corrected chi connectivity index (χ0v) is 11.6. The van der Waals surface area contributed by atoms with Crippen molar-refractivity contribution in [1.82, 2.24) is 4.90 Å². The minimum absolute atomic E-state index is 0.0343. The predicted octanol–water partition coefficient (Wildman–Crippen LogP) is 1.62. The van der Waals surface area contributed by atoms with Crippen LogP contribution in [0.15, 0.2) is 4.99 Å². The highest BCUT2D eigenvalue weighted by molar-refractivity contribution is 9.09. The van der Waals surface area contributed by atoms with Crippen molar-refractivity contribution in [2.45, 2.75) is 12.5 Å². The number of terminal acetylenes is 1. The molecule has 15 heavy (non-hydrogen) atoms. The second-order valence-electron chi connectivity index (χ2n) is 2.80. The summed E-state index contributed by atoms with van der Waals surface area (Å²) in [5.74, 6) is 2.53. The van der Waals surface area contributed by atoms with Gasteiger partial charge in [-0.3, -0.25) is 9.79 Å². The van der Waals surface area contributed by atoms with Crippen LogP contribution < -0.4 is 0 Å². The molecule has 0 aliphatic carbocycles. The van der Waals surface area contributed by atoms with E-state index in [1.807, 2.05) is 6.26 Å². The molecule has 0 N–H and O–H groups in total. The molecular weight excluding hydrogens is 276 g/mol. The fourth-order valence-electron chi connectivity index (χ4n) is 1.15. The first-order valence-corrected chi connectivity index (χ1v) is 6.75. The Kier molecular flexibility index (Phi) is 7.53. The number of Topliss-reactive ketones (excluding diaryl/α,β-unsaturated/α-hetero) is 1. The van der Waals surface area contributed by atoms with Crippen LogP contribution >= 0.6 is 27.7 Å². The molecule has 0 aromatic heterocycles. The van der Waals surface area contributed by atoms with E-state index < -0.39 is 6.04 Å². The van der Waals surface area contributed by atoms with Gasteiger partial charge < -0.3 is 4.90 Å². The lowest BCUT2D eigenvalue weighted by molar-refractivity contribution is -0.120. The Morgan fingerprint density at radius 3 is 2.67 bits per heavy atom. The van der Waals surface area contributed by atoms with Gasteiger partial charge in [0.25, 0.3) is 0 Å². The van der Waals surface area contributed by atoms with Crippen molar-refractivity contribution in [2.75, 3.05) is 25.7 Å². The minimum atomic E-state index is -0.520. The van der Waals surface area contributed by atoms with Gasteiger partial charge in [-0.05, 0) is 6.26 Å². The summed E-state index contributed by atoms with van der Waals surface area (Å²) in [6, 6.07) is -0.520. The van der Waals surface area contributed by atoms with Gasteiger partial charge in [0.05, 0.1) is 0 Å². The van der Waals surface area contributed by atoms with Crippen LogP contribution in [0.5, 0.6) is 0 Å². The van der Waals surface area contributed by atoms with Gasteiger partial charge in [-0.15, -0.1) is 6.42 Å². The summed E-state index contributed by atoms with van der Waals surface area (Å²) in [7, 11) is 3.47. The molecule has 0 aromatic carbocycles. The van der Waals surface area contributed by atoms with E-state index in [4.69, 9.17) is 6.42 Å². The Balaban J connectivity index is 4.69. The van der Waals surface area contributed by atoms with Gasteiger partial charge in [-0.1, -0.05) is 33.6 Å². The van der Waals surface area contributed by atoms with Crippen LogP contribution in [0, 0.1) is 12.3 Å². The van der Waals surface area contributed by atoms with Crippen LogP contribution in [0.4, 0.5) is 0 Å². The second-order valence-corrected chi connectivity index (χ2v) is 4.36. The molecule has 0 aliphatic heterocycles. The molecule has 0 amide bonds. The number of aliphatic imine (C=N–C) groups is 1. The van der Waals surface area contributed by atoms with E-state index in [1.54, 1.807) is 19.0 Å². The second kappa shape index (κ2) is 7.77. The molecule has 1 atom stereocenters. The molecule has 0 bridgehead atoms. The fourth-order valence-corrected chi connectivity index (χ4v) is 2.12. The lowest BCUT2D eigenvalue weighted by atomic mass is 10.1. The summed E-state index contributed by atoms with van der Waals surface area (Å²) in [6.07, 6.45) is 7.70. The maximum absolute atomic E-state index is 11.7. The Labute approximate surface area is 104 Å². The van der Waals surface area contributed by atoms with Crippen molar-refractivity contribution in [2.24, 2.45) is 4.99 Å². The Bertz CT molecular complexity index is 286. The van der Waals surface area contributed by atoms with E-state index >= 15 is 0 Å². The number of nitrogens with zero attached hydrogens (tertiary/aromatic N) is 2. The smallest absolute Gasteiger partial charge is 0.168 e. The molecule has 0 aliphatic rings. The average molecular weight is 291 g/mol. The summed E-state index contributed by atoms with van der Waals surface area (Å²) in [5, 5.41) is 1.40. The number of hydrogen-bond donors (Lipinski definition) is 0. The van der Waals surface area contributed by atoms with Gasteiger partial charge in [-0.25, -0.2) is 0 Å². The maximum atomic E-state index is 11.7. The topological polar surface area (TPSA) is 32.7 Å². The number of thioether (sulfide) groups is 1. The number of alkyl halides is 1. The van der Waals surface area contributed by atoms with Crippen LogP contribution in [0.3, 0.4) is 0 Å². The molecule has 84 valence electrons. The SMILES string of the molecule is C#CC(C(=O)CCBr)N(C)/C(=N\C)SC. The van der Waals surface area contributed by atoms with E-state index in [0.29, 0.717) is 11.8 Å². The monoisotopic (exact) mass is 290 g/mol. The highest BCUT2D eigenvalue weighted by atomic mass is 79.9. The molecule has 0 heterocycles. The van der Waals surface area contributed by atoms with Crippen molar-refractivity contribution < 1.29 is 4.79 Å². The number of halogens is 1. The Morgan fingerprint density at radius 2 is 2.33 bits per heavy atom. The van der Waals surface area contributed by atoms with Crippen LogP contribution in [-0.2, 0) is 4.79 Å². The number of ketones is 1. The van der Waals surface area contributed by atoms with Crippen molar-refractivity contribution in [3.8, 4) is 12.3 Å². The van der Waals surface area contributed by atoms with Crippen LogP contribution in [0.1, 0.15) is 6.42 Å². The fraction of sp³-hybridized carbons (Fsp3) is 0.600. The van der Waals surface area contributed by atoms with E-state index in [-0.39, 0.29) is 5.78 Å². The van der Waals surface area contributed by atoms with Crippen molar-refractivity contribution in [3.63, 3.8) is 0 Å². The van der Waals surface area contributed by atoms with Gasteiger partial charge in [0.1, 0.15) is 0 Å².